The van der Waals surface area contributed by atoms with Gasteiger partial charge in [-0.25, -0.2) is 4.79 Å². The van der Waals surface area contributed by atoms with Gasteiger partial charge in [0.1, 0.15) is 5.76 Å². The molecule has 23 heavy (non-hydrogen) atoms. The lowest BCUT2D eigenvalue weighted by Crippen LogP contribution is -2.47. The maximum absolute atomic E-state index is 12.2. The van der Waals surface area contributed by atoms with Gasteiger partial charge in [-0.15, -0.1) is 0 Å². The van der Waals surface area contributed by atoms with E-state index in [-0.39, 0.29) is 12.1 Å². The predicted molar refractivity (Wildman–Crippen MR) is 87.2 cm³/mol. The summed E-state index contributed by atoms with van der Waals surface area (Å²) in [4.78, 5) is 14.5. The lowest BCUT2D eigenvalue weighted by atomic mass is 9.96. The first-order valence-corrected chi connectivity index (χ1v) is 8.72. The molecular formula is C17H27N3O3. The maximum Gasteiger partial charge on any atom is 0.315 e. The average molecular weight is 321 g/mol. The summed E-state index contributed by atoms with van der Waals surface area (Å²) in [5.41, 5.74) is 0. The predicted octanol–water partition coefficient (Wildman–Crippen LogP) is 2.28. The van der Waals surface area contributed by atoms with E-state index in [2.05, 4.69) is 15.5 Å². The van der Waals surface area contributed by atoms with E-state index in [0.717, 1.165) is 44.9 Å². The Kier molecular flexibility index (Phi) is 5.93. The minimum atomic E-state index is -0.0679. The van der Waals surface area contributed by atoms with Crippen molar-refractivity contribution in [1.29, 1.82) is 0 Å². The third-order valence-electron chi connectivity index (χ3n) is 4.75. The Morgan fingerprint density at radius 3 is 2.74 bits per heavy atom. The number of carbonyl (C=O) groups excluding carboxylic acids is 1. The third kappa shape index (κ3) is 4.72. The van der Waals surface area contributed by atoms with E-state index >= 15 is 0 Å². The van der Waals surface area contributed by atoms with Gasteiger partial charge in [0.2, 0.25) is 0 Å². The molecule has 6 heteroatoms. The number of hydrogen-bond acceptors (Lipinski definition) is 4. The first-order valence-electron chi connectivity index (χ1n) is 8.72. The number of urea groups is 1. The van der Waals surface area contributed by atoms with Crippen LogP contribution < -0.4 is 10.6 Å². The minimum absolute atomic E-state index is 0.0611. The number of morpholine rings is 1. The maximum atomic E-state index is 12.2. The van der Waals surface area contributed by atoms with Crippen molar-refractivity contribution in [2.45, 2.75) is 44.2 Å². The highest BCUT2D eigenvalue weighted by atomic mass is 16.5. The molecule has 1 saturated heterocycles. The Hall–Kier alpha value is -1.53. The summed E-state index contributed by atoms with van der Waals surface area (Å²) in [6.45, 7) is 3.72. The van der Waals surface area contributed by atoms with Crippen LogP contribution in [0.5, 0.6) is 0 Å². The lowest BCUT2D eigenvalue weighted by molar-refractivity contribution is 0.0123. The van der Waals surface area contributed by atoms with Crippen molar-refractivity contribution in [2.24, 2.45) is 0 Å². The highest BCUT2D eigenvalue weighted by Crippen LogP contribution is 2.22. The van der Waals surface area contributed by atoms with Gasteiger partial charge in [-0.1, -0.05) is 19.3 Å². The molecule has 1 aliphatic carbocycles. The van der Waals surface area contributed by atoms with E-state index in [9.17, 15) is 4.79 Å². The molecule has 2 heterocycles. The van der Waals surface area contributed by atoms with Gasteiger partial charge in [-0.3, -0.25) is 4.90 Å². The second-order valence-corrected chi connectivity index (χ2v) is 6.37. The first kappa shape index (κ1) is 16.3. The lowest BCUT2D eigenvalue weighted by Gasteiger charge is -2.33. The van der Waals surface area contributed by atoms with Gasteiger partial charge in [0.15, 0.2) is 0 Å². The number of ether oxygens (including phenoxy) is 1. The molecule has 6 nitrogen and oxygen atoms in total. The largest absolute Gasteiger partial charge is 0.468 e. The van der Waals surface area contributed by atoms with Crippen LogP contribution in [0.3, 0.4) is 0 Å². The van der Waals surface area contributed by atoms with Crippen molar-refractivity contribution in [3.8, 4) is 0 Å². The second kappa shape index (κ2) is 8.36. The zero-order valence-corrected chi connectivity index (χ0v) is 13.6. The number of carbonyl (C=O) groups is 1. The quantitative estimate of drug-likeness (QED) is 0.873. The fourth-order valence-corrected chi connectivity index (χ4v) is 3.45. The molecule has 3 rings (SSSR count). The summed E-state index contributed by atoms with van der Waals surface area (Å²) in [6, 6.07) is 4.19. The number of rotatable bonds is 5. The van der Waals surface area contributed by atoms with Crippen LogP contribution in [0.25, 0.3) is 0 Å². The standard InChI is InChI=1S/C17H27N3O3/c21-17(19-14-5-2-1-3-6-14)18-13-15(16-7-4-10-23-16)20-8-11-22-12-9-20/h4,7,10,14-15H,1-3,5-6,8-9,11-13H2,(H2,18,19,21). The molecule has 0 radical (unpaired) electrons. The first-order chi connectivity index (χ1) is 11.3. The zero-order chi connectivity index (χ0) is 15.9. The molecule has 2 N–H and O–H groups in total. The highest BCUT2D eigenvalue weighted by molar-refractivity contribution is 5.74. The van der Waals surface area contributed by atoms with Crippen LogP contribution in [0.2, 0.25) is 0 Å². The van der Waals surface area contributed by atoms with E-state index < -0.39 is 0 Å². The summed E-state index contributed by atoms with van der Waals surface area (Å²) in [5.74, 6) is 0.893. The number of furan rings is 1. The Morgan fingerprint density at radius 1 is 1.26 bits per heavy atom. The second-order valence-electron chi connectivity index (χ2n) is 6.37. The molecular weight excluding hydrogens is 294 g/mol. The Morgan fingerprint density at radius 2 is 2.04 bits per heavy atom. The molecule has 1 saturated carbocycles. The topological polar surface area (TPSA) is 66.7 Å². The van der Waals surface area contributed by atoms with E-state index in [1.807, 2.05) is 12.1 Å². The molecule has 2 aliphatic rings. The number of nitrogens with zero attached hydrogens (tertiary/aromatic N) is 1. The van der Waals surface area contributed by atoms with Crippen molar-refractivity contribution < 1.29 is 13.9 Å². The van der Waals surface area contributed by atoms with Crippen molar-refractivity contribution in [3.63, 3.8) is 0 Å². The van der Waals surface area contributed by atoms with Gasteiger partial charge in [0.05, 0.1) is 25.5 Å². The van der Waals surface area contributed by atoms with Crippen LogP contribution in [0.4, 0.5) is 4.79 Å². The minimum Gasteiger partial charge on any atom is -0.468 e. The molecule has 2 fully saturated rings. The van der Waals surface area contributed by atoms with Crippen LogP contribution in [0.15, 0.2) is 22.8 Å². The molecule has 1 atom stereocenters. The fraction of sp³-hybridized carbons (Fsp3) is 0.706. The normalized spacial score (nSPS) is 21.7. The summed E-state index contributed by atoms with van der Waals surface area (Å²) in [5, 5.41) is 6.12. The van der Waals surface area contributed by atoms with Gasteiger partial charge in [-0.2, -0.15) is 0 Å². The van der Waals surface area contributed by atoms with Crippen molar-refractivity contribution in [3.05, 3.63) is 24.2 Å². The molecule has 0 spiro atoms. The molecule has 128 valence electrons. The monoisotopic (exact) mass is 321 g/mol. The van der Waals surface area contributed by atoms with E-state index in [1.165, 1.54) is 19.3 Å². The van der Waals surface area contributed by atoms with E-state index in [1.54, 1.807) is 6.26 Å². The molecule has 0 aromatic carbocycles. The van der Waals surface area contributed by atoms with Crippen molar-refractivity contribution >= 4 is 6.03 Å². The summed E-state index contributed by atoms with van der Waals surface area (Å²) < 4.78 is 11.0. The van der Waals surface area contributed by atoms with Gasteiger partial charge >= 0.3 is 6.03 Å². The van der Waals surface area contributed by atoms with Crippen molar-refractivity contribution in [1.82, 2.24) is 15.5 Å². The molecule has 2 amide bonds. The summed E-state index contributed by atoms with van der Waals surface area (Å²) in [6.07, 6.45) is 7.60. The molecule has 1 aromatic rings. The zero-order valence-electron chi connectivity index (χ0n) is 13.6. The number of amides is 2. The summed E-state index contributed by atoms with van der Waals surface area (Å²) in [7, 11) is 0. The van der Waals surface area contributed by atoms with Gasteiger partial charge in [0, 0.05) is 25.7 Å². The number of hydrogen-bond donors (Lipinski definition) is 2. The fourth-order valence-electron chi connectivity index (χ4n) is 3.45. The average Bonchev–Trinajstić information content (AvgIpc) is 3.11. The summed E-state index contributed by atoms with van der Waals surface area (Å²) >= 11 is 0. The van der Waals surface area contributed by atoms with Crippen LogP contribution in [-0.4, -0.2) is 49.8 Å². The number of nitrogens with one attached hydrogen (secondary N) is 2. The van der Waals surface area contributed by atoms with Crippen LogP contribution in [0.1, 0.15) is 43.9 Å². The van der Waals surface area contributed by atoms with Crippen LogP contribution in [0, 0.1) is 0 Å². The Bertz CT molecular complexity index is 465. The Balaban J connectivity index is 1.52. The van der Waals surface area contributed by atoms with E-state index in [4.69, 9.17) is 9.15 Å². The van der Waals surface area contributed by atoms with E-state index in [0.29, 0.717) is 12.6 Å². The van der Waals surface area contributed by atoms with Crippen molar-refractivity contribution in [2.75, 3.05) is 32.8 Å². The van der Waals surface area contributed by atoms with Crippen LogP contribution >= 0.6 is 0 Å². The third-order valence-corrected chi connectivity index (χ3v) is 4.75. The molecule has 1 aromatic heterocycles. The highest BCUT2D eigenvalue weighted by Gasteiger charge is 2.25. The molecule has 1 unspecified atom stereocenters. The van der Waals surface area contributed by atoms with Gasteiger partial charge in [-0.05, 0) is 25.0 Å². The van der Waals surface area contributed by atoms with Gasteiger partial charge < -0.3 is 19.8 Å². The molecule has 0 bridgehead atoms. The van der Waals surface area contributed by atoms with Crippen LogP contribution in [-0.2, 0) is 4.74 Å². The van der Waals surface area contributed by atoms with Gasteiger partial charge in [0.25, 0.3) is 0 Å². The SMILES string of the molecule is O=C(NCC(c1ccco1)N1CCOCC1)NC1CCCCC1. The smallest absolute Gasteiger partial charge is 0.315 e. The Labute approximate surface area is 137 Å². The molecule has 1 aliphatic heterocycles.